The van der Waals surface area contributed by atoms with Gasteiger partial charge in [0.2, 0.25) is 5.91 Å². The third-order valence-corrected chi connectivity index (χ3v) is 6.69. The lowest BCUT2D eigenvalue weighted by atomic mass is 9.99. The molecule has 2 aromatic carbocycles. The molecular formula is C26H26N2O5S. The van der Waals surface area contributed by atoms with Crippen LogP contribution in [-0.2, 0) is 19.1 Å². The Morgan fingerprint density at radius 1 is 1.09 bits per heavy atom. The first-order valence-corrected chi connectivity index (χ1v) is 11.8. The summed E-state index contributed by atoms with van der Waals surface area (Å²) in [5.41, 5.74) is 3.26. The number of benzene rings is 2. The number of carbonyl (C=O) groups is 3. The van der Waals surface area contributed by atoms with Crippen molar-refractivity contribution in [1.82, 2.24) is 0 Å². The largest absolute Gasteiger partial charge is 0.495 e. The molecule has 8 heteroatoms. The van der Waals surface area contributed by atoms with Crippen LogP contribution < -0.4 is 15.0 Å². The van der Waals surface area contributed by atoms with Crippen LogP contribution in [-0.4, -0.2) is 31.5 Å². The van der Waals surface area contributed by atoms with E-state index in [9.17, 15) is 14.4 Å². The zero-order valence-electron chi connectivity index (χ0n) is 19.2. The quantitative estimate of drug-likeness (QED) is 0.500. The van der Waals surface area contributed by atoms with Gasteiger partial charge >= 0.3 is 5.97 Å². The van der Waals surface area contributed by atoms with Crippen molar-refractivity contribution < 1.29 is 23.9 Å². The summed E-state index contributed by atoms with van der Waals surface area (Å²) in [6, 6.07) is 16.3. The highest BCUT2D eigenvalue weighted by molar-refractivity contribution is 7.10. The van der Waals surface area contributed by atoms with Crippen LogP contribution in [0.25, 0.3) is 0 Å². The van der Waals surface area contributed by atoms with Crippen molar-refractivity contribution in [2.75, 3.05) is 23.9 Å². The number of hydrogen-bond donors (Lipinski definition) is 1. The van der Waals surface area contributed by atoms with Crippen LogP contribution in [0.4, 0.5) is 11.4 Å². The molecule has 1 aliphatic rings. The predicted molar refractivity (Wildman–Crippen MR) is 131 cm³/mol. The first-order chi connectivity index (χ1) is 16.4. The Morgan fingerprint density at radius 3 is 2.50 bits per heavy atom. The predicted octanol–water partition coefficient (Wildman–Crippen LogP) is 4.65. The number of amides is 2. The van der Waals surface area contributed by atoms with Gasteiger partial charge in [-0.05, 0) is 55.1 Å². The van der Waals surface area contributed by atoms with Crippen molar-refractivity contribution in [3.05, 3.63) is 76.0 Å². The Balaban J connectivity index is 1.48. The van der Waals surface area contributed by atoms with E-state index in [4.69, 9.17) is 9.47 Å². The van der Waals surface area contributed by atoms with Crippen LogP contribution in [0.15, 0.2) is 60.0 Å². The third kappa shape index (κ3) is 4.97. The maximum absolute atomic E-state index is 13.1. The van der Waals surface area contributed by atoms with E-state index in [1.807, 2.05) is 61.7 Å². The number of anilines is 2. The number of aryl methyl sites for hydroxylation is 2. The SMILES string of the molecule is COc1ccc(C)cc1NC(=O)COC(=O)C1CC(=O)N(c2ccc(C)cc2)C1c1cccs1. The van der Waals surface area contributed by atoms with E-state index in [2.05, 4.69) is 5.32 Å². The molecule has 0 saturated carbocycles. The van der Waals surface area contributed by atoms with Gasteiger partial charge in [-0.3, -0.25) is 14.4 Å². The van der Waals surface area contributed by atoms with Gasteiger partial charge in [0, 0.05) is 17.0 Å². The van der Waals surface area contributed by atoms with Gasteiger partial charge in [0.05, 0.1) is 24.8 Å². The summed E-state index contributed by atoms with van der Waals surface area (Å²) in [7, 11) is 1.52. The van der Waals surface area contributed by atoms with Crippen molar-refractivity contribution in [3.63, 3.8) is 0 Å². The molecule has 34 heavy (non-hydrogen) atoms. The zero-order chi connectivity index (χ0) is 24.2. The highest BCUT2D eigenvalue weighted by Gasteiger charge is 2.46. The second-order valence-corrected chi connectivity index (χ2v) is 9.21. The number of nitrogens with zero attached hydrogens (tertiary/aromatic N) is 1. The third-order valence-electron chi connectivity index (χ3n) is 5.75. The number of thiophene rings is 1. The number of carbonyl (C=O) groups excluding carboxylic acids is 3. The molecule has 1 aromatic heterocycles. The number of hydrogen-bond acceptors (Lipinski definition) is 6. The zero-order valence-corrected chi connectivity index (χ0v) is 20.1. The second kappa shape index (κ2) is 10.1. The fourth-order valence-corrected chi connectivity index (χ4v) is 4.97. The molecule has 176 valence electrons. The van der Waals surface area contributed by atoms with Crippen LogP contribution in [0.3, 0.4) is 0 Å². The van der Waals surface area contributed by atoms with Crippen molar-refractivity contribution in [1.29, 1.82) is 0 Å². The molecule has 0 spiro atoms. The molecule has 1 fully saturated rings. The fraction of sp³-hybridized carbons (Fsp3) is 0.269. The van der Waals surface area contributed by atoms with Crippen LogP contribution in [0.5, 0.6) is 5.75 Å². The van der Waals surface area contributed by atoms with Crippen molar-refractivity contribution in [2.24, 2.45) is 5.92 Å². The smallest absolute Gasteiger partial charge is 0.312 e. The van der Waals surface area contributed by atoms with Crippen molar-refractivity contribution in [3.8, 4) is 5.75 Å². The first-order valence-electron chi connectivity index (χ1n) is 10.9. The lowest BCUT2D eigenvalue weighted by Gasteiger charge is -2.27. The molecule has 1 aliphatic heterocycles. The molecule has 7 nitrogen and oxygen atoms in total. The summed E-state index contributed by atoms with van der Waals surface area (Å²) in [6.45, 7) is 3.42. The van der Waals surface area contributed by atoms with E-state index in [-0.39, 0.29) is 12.3 Å². The number of esters is 1. The second-order valence-electron chi connectivity index (χ2n) is 8.23. The van der Waals surface area contributed by atoms with Gasteiger partial charge in [0.25, 0.3) is 5.91 Å². The molecule has 0 aliphatic carbocycles. The Morgan fingerprint density at radius 2 is 1.82 bits per heavy atom. The van der Waals surface area contributed by atoms with Crippen LogP contribution in [0, 0.1) is 19.8 Å². The maximum Gasteiger partial charge on any atom is 0.312 e. The van der Waals surface area contributed by atoms with E-state index in [1.54, 1.807) is 17.0 Å². The van der Waals surface area contributed by atoms with Crippen LogP contribution in [0.2, 0.25) is 0 Å². The van der Waals surface area contributed by atoms with E-state index in [0.29, 0.717) is 11.4 Å². The minimum absolute atomic E-state index is 0.0165. The molecule has 0 bridgehead atoms. The molecule has 2 heterocycles. The minimum Gasteiger partial charge on any atom is -0.495 e. The first kappa shape index (κ1) is 23.5. The van der Waals surface area contributed by atoms with Gasteiger partial charge in [-0.15, -0.1) is 11.3 Å². The van der Waals surface area contributed by atoms with Gasteiger partial charge in [-0.1, -0.05) is 29.8 Å². The van der Waals surface area contributed by atoms with E-state index >= 15 is 0 Å². The molecule has 0 radical (unpaired) electrons. The summed E-state index contributed by atoms with van der Waals surface area (Å²) < 4.78 is 10.6. The maximum atomic E-state index is 13.1. The van der Waals surface area contributed by atoms with Gasteiger partial charge < -0.3 is 19.7 Å². The molecule has 3 aromatic rings. The number of ether oxygens (including phenoxy) is 2. The Bertz CT molecular complexity index is 1190. The Hall–Kier alpha value is -3.65. The van der Waals surface area contributed by atoms with E-state index in [0.717, 1.165) is 21.7 Å². The molecule has 2 atom stereocenters. The van der Waals surface area contributed by atoms with Crippen molar-refractivity contribution >= 4 is 40.5 Å². The van der Waals surface area contributed by atoms with Gasteiger partial charge in [-0.2, -0.15) is 0 Å². The molecular weight excluding hydrogens is 452 g/mol. The number of methoxy groups -OCH3 is 1. The van der Waals surface area contributed by atoms with Gasteiger partial charge in [0.15, 0.2) is 6.61 Å². The highest BCUT2D eigenvalue weighted by atomic mass is 32.1. The summed E-state index contributed by atoms with van der Waals surface area (Å²) in [6.07, 6.45) is 0.0165. The fourth-order valence-electron chi connectivity index (χ4n) is 4.09. The Labute approximate surface area is 202 Å². The lowest BCUT2D eigenvalue weighted by Crippen LogP contribution is -2.31. The van der Waals surface area contributed by atoms with Crippen LogP contribution in [0.1, 0.15) is 28.5 Å². The molecule has 1 N–H and O–H groups in total. The molecule has 1 saturated heterocycles. The van der Waals surface area contributed by atoms with Crippen LogP contribution >= 0.6 is 11.3 Å². The van der Waals surface area contributed by atoms with Gasteiger partial charge in [0.1, 0.15) is 5.75 Å². The molecule has 2 unspecified atom stereocenters. The minimum atomic E-state index is -0.714. The van der Waals surface area contributed by atoms with E-state index < -0.39 is 30.4 Å². The average molecular weight is 479 g/mol. The highest BCUT2D eigenvalue weighted by Crippen LogP contribution is 2.43. The van der Waals surface area contributed by atoms with E-state index in [1.165, 1.54) is 18.4 Å². The standard InChI is InChI=1S/C26H26N2O5S/c1-16-6-9-18(10-7-16)28-24(30)14-19(25(28)22-5-4-12-34-22)26(31)33-15-23(29)27-20-13-17(2)8-11-21(20)32-3/h4-13,19,25H,14-15H2,1-3H3,(H,27,29). The summed E-state index contributed by atoms with van der Waals surface area (Å²) >= 11 is 1.48. The molecule has 2 amide bonds. The Kier molecular flexibility index (Phi) is 6.98. The molecule has 4 rings (SSSR count). The van der Waals surface area contributed by atoms with Crippen molar-refractivity contribution in [2.45, 2.75) is 26.3 Å². The lowest BCUT2D eigenvalue weighted by molar-refractivity contribution is -0.152. The number of nitrogens with one attached hydrogen (secondary N) is 1. The monoisotopic (exact) mass is 478 g/mol. The average Bonchev–Trinajstić information content (AvgIpc) is 3.46. The summed E-state index contributed by atoms with van der Waals surface area (Å²) in [5.74, 6) is -1.41. The topological polar surface area (TPSA) is 84.9 Å². The number of rotatable bonds is 7. The normalized spacial score (nSPS) is 17.5. The summed E-state index contributed by atoms with van der Waals surface area (Å²) in [4.78, 5) is 41.1. The summed E-state index contributed by atoms with van der Waals surface area (Å²) in [5, 5.41) is 4.63. The van der Waals surface area contributed by atoms with Gasteiger partial charge in [-0.25, -0.2) is 0 Å².